The van der Waals surface area contributed by atoms with Gasteiger partial charge in [-0.05, 0) is 37.8 Å². The van der Waals surface area contributed by atoms with Crippen molar-refractivity contribution in [3.63, 3.8) is 0 Å². The number of anilines is 1. The van der Waals surface area contributed by atoms with Gasteiger partial charge in [-0.15, -0.1) is 0 Å². The maximum Gasteiger partial charge on any atom is 0.253 e. The molecule has 0 aromatic heterocycles. The smallest absolute Gasteiger partial charge is 0.253 e. The molecule has 0 bridgehead atoms. The van der Waals surface area contributed by atoms with E-state index in [1.54, 1.807) is 0 Å². The third kappa shape index (κ3) is 3.70. The zero-order valence-corrected chi connectivity index (χ0v) is 11.7. The molecule has 0 saturated carbocycles. The van der Waals surface area contributed by atoms with Crippen LogP contribution in [-0.4, -0.2) is 32.7 Å². The van der Waals surface area contributed by atoms with Gasteiger partial charge < -0.3 is 15.4 Å². The fourth-order valence-electron chi connectivity index (χ4n) is 2.35. The lowest BCUT2D eigenvalue weighted by atomic mass is 10.00. The van der Waals surface area contributed by atoms with Gasteiger partial charge in [0.05, 0.1) is 5.56 Å². The predicted molar refractivity (Wildman–Crippen MR) is 76.6 cm³/mol. The fourth-order valence-corrected chi connectivity index (χ4v) is 2.35. The minimum atomic E-state index is -0.000424. The predicted octanol–water partition coefficient (Wildman–Crippen LogP) is 2.19. The number of hydrogen-bond acceptors (Lipinski definition) is 3. The number of aryl methyl sites for hydroxylation is 1. The van der Waals surface area contributed by atoms with Gasteiger partial charge in [0, 0.05) is 32.5 Å². The van der Waals surface area contributed by atoms with E-state index in [1.165, 1.54) is 0 Å². The molecule has 1 amide bonds. The molecule has 4 nitrogen and oxygen atoms in total. The van der Waals surface area contributed by atoms with Crippen LogP contribution >= 0.6 is 0 Å². The fraction of sp³-hybridized carbons (Fsp3) is 0.533. The highest BCUT2D eigenvalue weighted by Crippen LogP contribution is 2.18. The summed E-state index contributed by atoms with van der Waals surface area (Å²) in [6.45, 7) is 4.35. The standard InChI is InChI=1S/C15H22N2O2/c1-11-3-4-14(16-2)13(9-11)15(18)17-10-12-5-7-19-8-6-12/h3-4,9,12,16H,5-8,10H2,1-2H3,(H,17,18). The highest BCUT2D eigenvalue weighted by molar-refractivity contribution is 5.99. The van der Waals surface area contributed by atoms with Crippen LogP contribution in [0, 0.1) is 12.8 Å². The SMILES string of the molecule is CNc1ccc(C)cc1C(=O)NCC1CCOCC1. The Balaban J connectivity index is 1.97. The van der Waals surface area contributed by atoms with E-state index in [-0.39, 0.29) is 5.91 Å². The largest absolute Gasteiger partial charge is 0.387 e. The Hall–Kier alpha value is -1.55. The summed E-state index contributed by atoms with van der Waals surface area (Å²) in [5, 5.41) is 6.10. The Bertz CT molecular complexity index is 440. The summed E-state index contributed by atoms with van der Waals surface area (Å²) in [6.07, 6.45) is 2.07. The first-order chi connectivity index (χ1) is 9.20. The number of amides is 1. The van der Waals surface area contributed by atoms with Crippen molar-refractivity contribution in [1.82, 2.24) is 5.32 Å². The molecule has 1 saturated heterocycles. The lowest BCUT2D eigenvalue weighted by Crippen LogP contribution is -2.32. The number of benzene rings is 1. The topological polar surface area (TPSA) is 50.4 Å². The summed E-state index contributed by atoms with van der Waals surface area (Å²) >= 11 is 0. The third-order valence-corrected chi connectivity index (χ3v) is 3.58. The van der Waals surface area contributed by atoms with Crippen LogP contribution in [0.2, 0.25) is 0 Å². The molecule has 1 aliphatic rings. The van der Waals surface area contributed by atoms with Gasteiger partial charge in [0.1, 0.15) is 0 Å². The molecule has 1 aromatic rings. The van der Waals surface area contributed by atoms with E-state index in [1.807, 2.05) is 32.2 Å². The average Bonchev–Trinajstić information content (AvgIpc) is 2.46. The van der Waals surface area contributed by atoms with Gasteiger partial charge in [-0.3, -0.25) is 4.79 Å². The minimum Gasteiger partial charge on any atom is -0.387 e. The number of hydrogen-bond donors (Lipinski definition) is 2. The van der Waals surface area contributed by atoms with Crippen molar-refractivity contribution < 1.29 is 9.53 Å². The second kappa shape index (κ2) is 6.57. The Morgan fingerprint density at radius 3 is 2.79 bits per heavy atom. The molecule has 0 atom stereocenters. The number of carbonyl (C=O) groups excluding carboxylic acids is 1. The number of carbonyl (C=O) groups is 1. The van der Waals surface area contributed by atoms with Crippen LogP contribution in [0.4, 0.5) is 5.69 Å². The molecular weight excluding hydrogens is 240 g/mol. The Morgan fingerprint density at radius 2 is 2.11 bits per heavy atom. The monoisotopic (exact) mass is 262 g/mol. The zero-order valence-electron chi connectivity index (χ0n) is 11.7. The van der Waals surface area contributed by atoms with Crippen LogP contribution in [0.5, 0.6) is 0 Å². The first kappa shape index (κ1) is 13.9. The summed E-state index contributed by atoms with van der Waals surface area (Å²) in [7, 11) is 1.83. The molecule has 1 fully saturated rings. The van der Waals surface area contributed by atoms with E-state index in [4.69, 9.17) is 4.74 Å². The average molecular weight is 262 g/mol. The quantitative estimate of drug-likeness (QED) is 0.874. The molecule has 2 rings (SSSR count). The Labute approximate surface area is 114 Å². The highest BCUT2D eigenvalue weighted by Gasteiger charge is 2.16. The minimum absolute atomic E-state index is 0.000424. The second-order valence-electron chi connectivity index (χ2n) is 5.06. The van der Waals surface area contributed by atoms with Crippen molar-refractivity contribution in [3.05, 3.63) is 29.3 Å². The molecule has 1 aromatic carbocycles. The van der Waals surface area contributed by atoms with Gasteiger partial charge >= 0.3 is 0 Å². The van der Waals surface area contributed by atoms with E-state index >= 15 is 0 Å². The molecule has 0 radical (unpaired) electrons. The molecule has 1 heterocycles. The number of nitrogens with one attached hydrogen (secondary N) is 2. The van der Waals surface area contributed by atoms with Gasteiger partial charge in [0.15, 0.2) is 0 Å². The molecular formula is C15H22N2O2. The van der Waals surface area contributed by atoms with E-state index in [0.717, 1.165) is 49.4 Å². The maximum atomic E-state index is 12.2. The van der Waals surface area contributed by atoms with E-state index in [0.29, 0.717) is 5.92 Å². The summed E-state index contributed by atoms with van der Waals surface area (Å²) < 4.78 is 5.32. The Kier molecular flexibility index (Phi) is 4.80. The lowest BCUT2D eigenvalue weighted by molar-refractivity contribution is 0.0643. The molecule has 2 N–H and O–H groups in total. The highest BCUT2D eigenvalue weighted by atomic mass is 16.5. The summed E-state index contributed by atoms with van der Waals surface area (Å²) in [5.74, 6) is 0.542. The lowest BCUT2D eigenvalue weighted by Gasteiger charge is -2.22. The molecule has 19 heavy (non-hydrogen) atoms. The van der Waals surface area contributed by atoms with Crippen molar-refractivity contribution in [2.45, 2.75) is 19.8 Å². The van der Waals surface area contributed by atoms with Crippen LogP contribution in [0.25, 0.3) is 0 Å². The maximum absolute atomic E-state index is 12.2. The summed E-state index contributed by atoms with van der Waals surface area (Å²) in [4.78, 5) is 12.2. The van der Waals surface area contributed by atoms with Crippen LogP contribution in [0.3, 0.4) is 0 Å². The van der Waals surface area contributed by atoms with Crippen molar-refractivity contribution >= 4 is 11.6 Å². The number of ether oxygens (including phenoxy) is 1. The van der Waals surface area contributed by atoms with Crippen molar-refractivity contribution in [2.75, 3.05) is 32.1 Å². The summed E-state index contributed by atoms with van der Waals surface area (Å²) in [6, 6.07) is 5.87. The van der Waals surface area contributed by atoms with Gasteiger partial charge in [0.25, 0.3) is 5.91 Å². The van der Waals surface area contributed by atoms with Crippen LogP contribution < -0.4 is 10.6 Å². The third-order valence-electron chi connectivity index (χ3n) is 3.58. The Morgan fingerprint density at radius 1 is 1.37 bits per heavy atom. The van der Waals surface area contributed by atoms with Crippen LogP contribution in [0.15, 0.2) is 18.2 Å². The molecule has 0 spiro atoms. The molecule has 4 heteroatoms. The summed E-state index contributed by atoms with van der Waals surface area (Å²) in [5.41, 5.74) is 2.68. The molecule has 104 valence electrons. The molecule has 1 aliphatic heterocycles. The van der Waals surface area contributed by atoms with Gasteiger partial charge in [-0.2, -0.15) is 0 Å². The number of rotatable bonds is 4. The van der Waals surface area contributed by atoms with E-state index in [9.17, 15) is 4.79 Å². The van der Waals surface area contributed by atoms with Crippen molar-refractivity contribution in [3.8, 4) is 0 Å². The molecule has 0 aliphatic carbocycles. The zero-order chi connectivity index (χ0) is 13.7. The van der Waals surface area contributed by atoms with Gasteiger partial charge in [-0.1, -0.05) is 11.6 Å². The normalized spacial score (nSPS) is 16.1. The first-order valence-corrected chi connectivity index (χ1v) is 6.85. The van der Waals surface area contributed by atoms with Crippen molar-refractivity contribution in [1.29, 1.82) is 0 Å². The van der Waals surface area contributed by atoms with Gasteiger partial charge in [-0.25, -0.2) is 0 Å². The molecule has 0 unspecified atom stereocenters. The van der Waals surface area contributed by atoms with Crippen LogP contribution in [-0.2, 0) is 4.74 Å². The first-order valence-electron chi connectivity index (χ1n) is 6.85. The van der Waals surface area contributed by atoms with E-state index < -0.39 is 0 Å². The van der Waals surface area contributed by atoms with E-state index in [2.05, 4.69) is 10.6 Å². The second-order valence-corrected chi connectivity index (χ2v) is 5.06. The van der Waals surface area contributed by atoms with Crippen LogP contribution in [0.1, 0.15) is 28.8 Å². The van der Waals surface area contributed by atoms with Crippen molar-refractivity contribution in [2.24, 2.45) is 5.92 Å². The van der Waals surface area contributed by atoms with Gasteiger partial charge in [0.2, 0.25) is 0 Å².